The number of methoxy groups -OCH3 is 1. The number of benzene rings is 3. The van der Waals surface area contributed by atoms with E-state index in [1.54, 1.807) is 36.4 Å². The van der Waals surface area contributed by atoms with Gasteiger partial charge in [0.15, 0.2) is 27.9 Å². The number of carbonyl (C=O) groups is 3. The lowest BCUT2D eigenvalue weighted by molar-refractivity contribution is -0.138. The summed E-state index contributed by atoms with van der Waals surface area (Å²) in [4.78, 5) is 39.1. The molecule has 11 nitrogen and oxygen atoms in total. The summed E-state index contributed by atoms with van der Waals surface area (Å²) in [6.07, 6.45) is 5.25. The van der Waals surface area contributed by atoms with Crippen molar-refractivity contribution in [3.8, 4) is 11.5 Å². The minimum absolute atomic E-state index is 0.0210. The van der Waals surface area contributed by atoms with Gasteiger partial charge in [-0.05, 0) is 30.5 Å². The third-order valence-electron chi connectivity index (χ3n) is 8.52. The monoisotopic (exact) mass is 679 g/mol. The Morgan fingerprint density at radius 1 is 0.938 bits per heavy atom. The van der Waals surface area contributed by atoms with Gasteiger partial charge >= 0.3 is 5.97 Å². The Morgan fingerprint density at radius 2 is 1.56 bits per heavy atom. The molecule has 0 saturated carbocycles. The first kappa shape index (κ1) is 36.3. The molecule has 0 saturated heterocycles. The first-order chi connectivity index (χ1) is 23.0. The van der Waals surface area contributed by atoms with Gasteiger partial charge in [-0.3, -0.25) is 14.4 Å². The van der Waals surface area contributed by atoms with Gasteiger partial charge in [-0.1, -0.05) is 88.1 Å². The van der Waals surface area contributed by atoms with Gasteiger partial charge in [0.2, 0.25) is 5.91 Å². The van der Waals surface area contributed by atoms with Crippen LogP contribution in [-0.2, 0) is 24.2 Å². The van der Waals surface area contributed by atoms with Crippen molar-refractivity contribution in [2.24, 2.45) is 5.41 Å². The van der Waals surface area contributed by atoms with Crippen LogP contribution in [0.2, 0.25) is 0 Å². The lowest BCUT2D eigenvalue weighted by atomic mass is 9.79. The van der Waals surface area contributed by atoms with E-state index in [1.165, 1.54) is 13.2 Å². The Kier molecular flexibility index (Phi) is 12.5. The summed E-state index contributed by atoms with van der Waals surface area (Å²) >= 11 is 0. The average molecular weight is 680 g/mol. The number of carboxylic acids is 1. The molecule has 3 aromatic carbocycles. The standard InChI is InChI=1S/C36H45N3O8S/c1-4-6-18-36(19-7-5-2)24-39(27-16-12-9-13-17-27)28-20-29(46-3)30(21-31(28)48(44,45)25-36)47-23-32(40)38-34(26-14-10-8-11-15-26)35(43)37-22-33(41)42/h8-17,20-21,34H,4-7,18-19,22-25H2,1-3H3,(H,37,43)(H,38,40)(H,41,42)/t34-/m1/s1. The van der Waals surface area contributed by atoms with E-state index in [9.17, 15) is 22.8 Å². The van der Waals surface area contributed by atoms with Crippen LogP contribution in [0, 0.1) is 5.41 Å². The van der Waals surface area contributed by atoms with Crippen LogP contribution < -0.4 is 25.0 Å². The van der Waals surface area contributed by atoms with Gasteiger partial charge < -0.3 is 30.1 Å². The summed E-state index contributed by atoms with van der Waals surface area (Å²) in [6.45, 7) is 3.55. The van der Waals surface area contributed by atoms with Gasteiger partial charge in [-0.25, -0.2) is 8.42 Å². The predicted molar refractivity (Wildman–Crippen MR) is 183 cm³/mol. The zero-order valence-corrected chi connectivity index (χ0v) is 28.6. The van der Waals surface area contributed by atoms with Crippen LogP contribution in [0.25, 0.3) is 0 Å². The molecule has 48 heavy (non-hydrogen) atoms. The maximum Gasteiger partial charge on any atom is 0.322 e. The Bertz CT molecular complexity index is 1660. The Labute approximate surface area is 282 Å². The number of ether oxygens (including phenoxy) is 2. The fourth-order valence-electron chi connectivity index (χ4n) is 6.14. The molecule has 0 bridgehead atoms. The van der Waals surface area contributed by atoms with Crippen LogP contribution in [0.5, 0.6) is 11.5 Å². The molecule has 12 heteroatoms. The van der Waals surface area contributed by atoms with Crippen LogP contribution in [0.3, 0.4) is 0 Å². The van der Waals surface area contributed by atoms with Crippen LogP contribution in [0.4, 0.5) is 11.4 Å². The normalized spacial score (nSPS) is 15.4. The number of anilines is 2. The molecule has 4 rings (SSSR count). The Balaban J connectivity index is 1.68. The number of rotatable bonds is 16. The molecular formula is C36H45N3O8S. The highest BCUT2D eigenvalue weighted by Crippen LogP contribution is 2.48. The molecule has 1 aliphatic heterocycles. The number of carbonyl (C=O) groups excluding carboxylic acids is 2. The zero-order valence-electron chi connectivity index (χ0n) is 27.7. The van der Waals surface area contributed by atoms with Crippen molar-refractivity contribution < 1.29 is 37.4 Å². The molecule has 1 aliphatic rings. The number of nitrogens with zero attached hydrogens (tertiary/aromatic N) is 1. The van der Waals surface area contributed by atoms with Gasteiger partial charge in [0, 0.05) is 29.8 Å². The maximum absolute atomic E-state index is 14.3. The van der Waals surface area contributed by atoms with E-state index in [-0.39, 0.29) is 22.1 Å². The number of amides is 2. The number of aliphatic carboxylic acids is 1. The minimum atomic E-state index is -3.83. The quantitative estimate of drug-likeness (QED) is 0.180. The van der Waals surface area contributed by atoms with Crippen LogP contribution >= 0.6 is 0 Å². The fourth-order valence-corrected chi connectivity index (χ4v) is 8.25. The fraction of sp³-hybridized carbons (Fsp3) is 0.417. The lowest BCUT2D eigenvalue weighted by Crippen LogP contribution is -2.43. The molecule has 1 heterocycles. The number of carboxylic acid groups (broad SMARTS) is 1. The topological polar surface area (TPSA) is 151 Å². The number of hydrogen-bond donors (Lipinski definition) is 3. The van der Waals surface area contributed by atoms with Crippen molar-refractivity contribution in [3.63, 3.8) is 0 Å². The highest BCUT2D eigenvalue weighted by Gasteiger charge is 2.42. The molecule has 0 fully saturated rings. The largest absolute Gasteiger partial charge is 0.493 e. The average Bonchev–Trinajstić information content (AvgIpc) is 3.18. The number of sulfone groups is 1. The van der Waals surface area contributed by atoms with Gasteiger partial charge in [0.1, 0.15) is 12.6 Å². The van der Waals surface area contributed by atoms with Gasteiger partial charge in [-0.15, -0.1) is 0 Å². The number of nitrogens with one attached hydrogen (secondary N) is 2. The number of para-hydroxylation sites is 1. The summed E-state index contributed by atoms with van der Waals surface area (Å²) in [5.41, 5.74) is 1.29. The van der Waals surface area contributed by atoms with E-state index in [2.05, 4.69) is 29.4 Å². The summed E-state index contributed by atoms with van der Waals surface area (Å²) in [7, 11) is -2.39. The van der Waals surface area contributed by atoms with Gasteiger partial charge in [0.25, 0.3) is 5.91 Å². The van der Waals surface area contributed by atoms with Crippen molar-refractivity contribution >= 4 is 39.0 Å². The van der Waals surface area contributed by atoms with E-state index in [0.717, 1.165) is 44.2 Å². The first-order valence-electron chi connectivity index (χ1n) is 16.3. The van der Waals surface area contributed by atoms with E-state index in [0.29, 0.717) is 17.8 Å². The van der Waals surface area contributed by atoms with E-state index in [4.69, 9.17) is 14.6 Å². The molecular weight excluding hydrogens is 634 g/mol. The van der Waals surface area contributed by atoms with Crippen LogP contribution in [-0.4, -0.2) is 63.9 Å². The molecule has 2 amide bonds. The van der Waals surface area contributed by atoms with Crippen molar-refractivity contribution in [2.45, 2.75) is 63.3 Å². The summed E-state index contributed by atoms with van der Waals surface area (Å²) in [5.74, 6) is -2.34. The molecule has 0 radical (unpaired) electrons. The number of fused-ring (bicyclic) bond motifs is 1. The lowest BCUT2D eigenvalue weighted by Gasteiger charge is -2.37. The van der Waals surface area contributed by atoms with Gasteiger partial charge in [-0.2, -0.15) is 0 Å². The summed E-state index contributed by atoms with van der Waals surface area (Å²) < 4.78 is 40.1. The van der Waals surface area contributed by atoms with Crippen LogP contribution in [0.1, 0.15) is 64.0 Å². The Morgan fingerprint density at radius 3 is 2.15 bits per heavy atom. The van der Waals surface area contributed by atoms with Crippen molar-refractivity contribution in [3.05, 3.63) is 78.4 Å². The zero-order chi connectivity index (χ0) is 34.7. The molecule has 0 aromatic heterocycles. The van der Waals surface area contributed by atoms with E-state index in [1.807, 2.05) is 30.3 Å². The highest BCUT2D eigenvalue weighted by atomic mass is 32.2. The molecule has 0 spiro atoms. The third-order valence-corrected chi connectivity index (χ3v) is 10.5. The second-order valence-corrected chi connectivity index (χ2v) is 14.1. The summed E-state index contributed by atoms with van der Waals surface area (Å²) in [6, 6.07) is 20.0. The third kappa shape index (κ3) is 9.06. The predicted octanol–water partition coefficient (Wildman–Crippen LogP) is 5.42. The van der Waals surface area contributed by atoms with Crippen molar-refractivity contribution in [1.82, 2.24) is 10.6 Å². The van der Waals surface area contributed by atoms with Gasteiger partial charge in [0.05, 0.1) is 23.4 Å². The van der Waals surface area contributed by atoms with E-state index >= 15 is 0 Å². The minimum Gasteiger partial charge on any atom is -0.493 e. The van der Waals surface area contributed by atoms with E-state index < -0.39 is 52.2 Å². The van der Waals surface area contributed by atoms with Crippen LogP contribution in [0.15, 0.2) is 77.7 Å². The SMILES string of the molecule is CCCCC1(CCCC)CN(c2ccccc2)c2cc(OC)c(OCC(=O)N[C@@H](C(=O)NCC(=O)O)c3ccccc3)cc2S(=O)(=O)C1. The first-order valence-corrected chi connectivity index (χ1v) is 17.9. The molecule has 3 N–H and O–H groups in total. The van der Waals surface area contributed by atoms with Crippen molar-refractivity contribution in [2.75, 3.05) is 37.5 Å². The second-order valence-electron chi connectivity index (χ2n) is 12.2. The maximum atomic E-state index is 14.3. The molecule has 3 aromatic rings. The molecule has 1 atom stereocenters. The molecule has 0 unspecified atom stereocenters. The Hall–Kier alpha value is -4.58. The smallest absolute Gasteiger partial charge is 0.322 e. The second kappa shape index (κ2) is 16.5. The molecule has 0 aliphatic carbocycles. The van der Waals surface area contributed by atoms with Crippen molar-refractivity contribution in [1.29, 1.82) is 0 Å². The number of unbranched alkanes of at least 4 members (excludes halogenated alkanes) is 2. The highest BCUT2D eigenvalue weighted by molar-refractivity contribution is 7.91. The number of hydrogen-bond acceptors (Lipinski definition) is 8. The molecule has 258 valence electrons. The summed E-state index contributed by atoms with van der Waals surface area (Å²) in [5, 5.41) is 13.9.